The van der Waals surface area contributed by atoms with Crippen LogP contribution in [0, 0.1) is 11.6 Å². The molecule has 1 N–H and O–H groups in total. The fourth-order valence-corrected chi connectivity index (χ4v) is 2.31. The number of hydrogen-bond acceptors (Lipinski definition) is 1. The van der Waals surface area contributed by atoms with Crippen molar-refractivity contribution in [3.05, 3.63) is 70.2 Å². The molecule has 4 heteroatoms. The maximum absolute atomic E-state index is 14.2. The van der Waals surface area contributed by atoms with Gasteiger partial charge in [0.1, 0.15) is 11.6 Å². The monoisotopic (exact) mass is 295 g/mol. The van der Waals surface area contributed by atoms with Crippen molar-refractivity contribution in [3.8, 4) is 0 Å². The molecule has 0 fully saturated rings. The largest absolute Gasteiger partial charge is 0.306 e. The van der Waals surface area contributed by atoms with Crippen molar-refractivity contribution >= 4 is 11.6 Å². The van der Waals surface area contributed by atoms with Crippen molar-refractivity contribution < 1.29 is 8.78 Å². The molecule has 0 saturated carbocycles. The Morgan fingerprint density at radius 2 is 1.90 bits per heavy atom. The molecule has 0 aliphatic rings. The molecule has 20 heavy (non-hydrogen) atoms. The second-order valence-corrected chi connectivity index (χ2v) is 4.99. The van der Waals surface area contributed by atoms with Gasteiger partial charge in [-0.25, -0.2) is 8.78 Å². The highest BCUT2D eigenvalue weighted by atomic mass is 35.5. The van der Waals surface area contributed by atoms with Gasteiger partial charge >= 0.3 is 0 Å². The first-order chi connectivity index (χ1) is 9.63. The number of benzene rings is 2. The second kappa shape index (κ2) is 6.82. The van der Waals surface area contributed by atoms with Gasteiger partial charge in [0.25, 0.3) is 0 Å². The molecule has 0 heterocycles. The highest BCUT2D eigenvalue weighted by Crippen LogP contribution is 2.28. The Bertz CT molecular complexity index is 586. The topological polar surface area (TPSA) is 12.0 Å². The molecule has 0 aliphatic heterocycles. The fraction of sp³-hybridized carbons (Fsp3) is 0.250. The normalized spacial score (nSPS) is 12.4. The van der Waals surface area contributed by atoms with E-state index in [9.17, 15) is 8.78 Å². The molecule has 0 aliphatic carbocycles. The van der Waals surface area contributed by atoms with Crippen molar-refractivity contribution in [2.45, 2.75) is 19.4 Å². The van der Waals surface area contributed by atoms with E-state index in [1.165, 1.54) is 18.2 Å². The first kappa shape index (κ1) is 14.9. The molecule has 0 bridgehead atoms. The van der Waals surface area contributed by atoms with Crippen LogP contribution in [-0.4, -0.2) is 6.54 Å². The molecule has 2 rings (SSSR count). The maximum atomic E-state index is 14.2. The average molecular weight is 296 g/mol. The summed E-state index contributed by atoms with van der Waals surface area (Å²) < 4.78 is 27.6. The lowest BCUT2D eigenvalue weighted by Crippen LogP contribution is -2.24. The predicted octanol–water partition coefficient (Wildman–Crippen LogP) is 4.71. The smallest absolute Gasteiger partial charge is 0.146 e. The molecule has 106 valence electrons. The van der Waals surface area contributed by atoms with Gasteiger partial charge in [0.2, 0.25) is 0 Å². The highest BCUT2D eigenvalue weighted by molar-refractivity contribution is 6.30. The van der Waals surface area contributed by atoms with Gasteiger partial charge in [0, 0.05) is 5.56 Å². The van der Waals surface area contributed by atoms with Gasteiger partial charge in [-0.1, -0.05) is 42.8 Å². The van der Waals surface area contributed by atoms with E-state index in [-0.39, 0.29) is 10.8 Å². The molecule has 0 spiro atoms. The van der Waals surface area contributed by atoms with E-state index >= 15 is 0 Å². The van der Waals surface area contributed by atoms with Gasteiger partial charge in [-0.15, -0.1) is 0 Å². The third kappa shape index (κ3) is 3.35. The van der Waals surface area contributed by atoms with Crippen molar-refractivity contribution in [2.75, 3.05) is 6.54 Å². The van der Waals surface area contributed by atoms with Crippen LogP contribution in [0.3, 0.4) is 0 Å². The summed E-state index contributed by atoms with van der Waals surface area (Å²) in [5, 5.41) is 3.30. The Morgan fingerprint density at radius 3 is 2.60 bits per heavy atom. The van der Waals surface area contributed by atoms with Crippen LogP contribution < -0.4 is 5.32 Å². The standard InChI is InChI=1S/C16H16ClF2N/c1-2-9-20-16(11-5-3-6-12(18)10-11)13-7-4-8-14(17)15(13)19/h3-8,10,16,20H,2,9H2,1H3. The summed E-state index contributed by atoms with van der Waals surface area (Å²) in [6.45, 7) is 2.72. The Balaban J connectivity index is 2.44. The number of nitrogens with one attached hydrogen (secondary N) is 1. The molecular weight excluding hydrogens is 280 g/mol. The quantitative estimate of drug-likeness (QED) is 0.842. The molecule has 1 atom stereocenters. The van der Waals surface area contributed by atoms with Gasteiger partial charge in [-0.05, 0) is 36.7 Å². The van der Waals surface area contributed by atoms with E-state index in [0.717, 1.165) is 6.42 Å². The zero-order chi connectivity index (χ0) is 14.5. The summed E-state index contributed by atoms with van der Waals surface area (Å²) in [4.78, 5) is 0. The maximum Gasteiger partial charge on any atom is 0.146 e. The average Bonchev–Trinajstić information content (AvgIpc) is 2.44. The number of rotatable bonds is 5. The van der Waals surface area contributed by atoms with Crippen LogP contribution in [0.2, 0.25) is 5.02 Å². The minimum atomic E-state index is -0.466. The van der Waals surface area contributed by atoms with Gasteiger partial charge in [0.05, 0.1) is 11.1 Å². The van der Waals surface area contributed by atoms with Crippen LogP contribution in [0.25, 0.3) is 0 Å². The van der Waals surface area contributed by atoms with Crippen LogP contribution in [0.15, 0.2) is 42.5 Å². The lowest BCUT2D eigenvalue weighted by molar-refractivity contribution is 0.543. The minimum Gasteiger partial charge on any atom is -0.306 e. The van der Waals surface area contributed by atoms with Crippen molar-refractivity contribution in [1.82, 2.24) is 5.32 Å². The highest BCUT2D eigenvalue weighted by Gasteiger charge is 2.19. The summed E-state index contributed by atoms with van der Waals surface area (Å²) in [5.41, 5.74) is 1.11. The van der Waals surface area contributed by atoms with E-state index in [4.69, 9.17) is 11.6 Å². The van der Waals surface area contributed by atoms with Crippen LogP contribution in [0.4, 0.5) is 8.78 Å². The number of hydrogen-bond donors (Lipinski definition) is 1. The Labute approximate surface area is 122 Å². The molecular formula is C16H16ClF2N. The van der Waals surface area contributed by atoms with Crippen molar-refractivity contribution in [3.63, 3.8) is 0 Å². The molecule has 1 unspecified atom stereocenters. The van der Waals surface area contributed by atoms with E-state index in [2.05, 4.69) is 5.32 Å². The second-order valence-electron chi connectivity index (χ2n) is 4.59. The van der Waals surface area contributed by atoms with Crippen LogP contribution in [0.1, 0.15) is 30.5 Å². The summed E-state index contributed by atoms with van der Waals surface area (Å²) >= 11 is 5.83. The fourth-order valence-electron chi connectivity index (χ4n) is 2.13. The summed E-state index contributed by atoms with van der Waals surface area (Å²) in [5.74, 6) is -0.805. The molecule has 1 nitrogen and oxygen atoms in total. The van der Waals surface area contributed by atoms with Crippen LogP contribution >= 0.6 is 11.6 Å². The zero-order valence-corrected chi connectivity index (χ0v) is 11.9. The number of halogens is 3. The Kier molecular flexibility index (Phi) is 5.10. The SMILES string of the molecule is CCCNC(c1cccc(F)c1)c1cccc(Cl)c1F. The van der Waals surface area contributed by atoms with E-state index < -0.39 is 11.9 Å². The molecule has 0 amide bonds. The first-order valence-electron chi connectivity index (χ1n) is 6.56. The van der Waals surface area contributed by atoms with Gasteiger partial charge in [-0.3, -0.25) is 0 Å². The molecule has 0 radical (unpaired) electrons. The van der Waals surface area contributed by atoms with Crippen molar-refractivity contribution in [2.24, 2.45) is 0 Å². The van der Waals surface area contributed by atoms with Gasteiger partial charge < -0.3 is 5.32 Å². The zero-order valence-electron chi connectivity index (χ0n) is 11.2. The Hall–Kier alpha value is -1.45. The molecule has 2 aromatic carbocycles. The Morgan fingerprint density at radius 1 is 1.15 bits per heavy atom. The predicted molar refractivity (Wildman–Crippen MR) is 77.9 cm³/mol. The van der Waals surface area contributed by atoms with E-state index in [1.54, 1.807) is 24.3 Å². The summed E-state index contributed by atoms with van der Waals surface area (Å²) in [6.07, 6.45) is 0.897. The lowest BCUT2D eigenvalue weighted by atomic mass is 9.98. The molecule has 0 saturated heterocycles. The summed E-state index contributed by atoms with van der Waals surface area (Å²) in [7, 11) is 0. The molecule has 0 aromatic heterocycles. The van der Waals surface area contributed by atoms with Gasteiger partial charge in [0.15, 0.2) is 0 Å². The molecule has 2 aromatic rings. The third-order valence-corrected chi connectivity index (χ3v) is 3.36. The third-order valence-electron chi connectivity index (χ3n) is 3.07. The van der Waals surface area contributed by atoms with Crippen molar-refractivity contribution in [1.29, 1.82) is 0 Å². The van der Waals surface area contributed by atoms with Crippen LogP contribution in [0.5, 0.6) is 0 Å². The van der Waals surface area contributed by atoms with E-state index in [1.807, 2.05) is 6.92 Å². The minimum absolute atomic E-state index is 0.0715. The first-order valence-corrected chi connectivity index (χ1v) is 6.94. The van der Waals surface area contributed by atoms with Gasteiger partial charge in [-0.2, -0.15) is 0 Å². The summed E-state index contributed by atoms with van der Waals surface area (Å²) in [6, 6.07) is 10.6. The lowest BCUT2D eigenvalue weighted by Gasteiger charge is -2.20. The van der Waals surface area contributed by atoms with Crippen LogP contribution in [-0.2, 0) is 0 Å². The van der Waals surface area contributed by atoms with E-state index in [0.29, 0.717) is 17.7 Å².